The van der Waals surface area contributed by atoms with E-state index >= 15 is 0 Å². The van der Waals surface area contributed by atoms with Gasteiger partial charge < -0.3 is 0 Å². The number of hydrogen-bond donors (Lipinski definition) is 1. The van der Waals surface area contributed by atoms with Gasteiger partial charge in [-0.05, 0) is 19.3 Å². The van der Waals surface area contributed by atoms with E-state index in [0.29, 0.717) is 11.5 Å². The molecule has 1 unspecified atom stereocenters. The Labute approximate surface area is 65.8 Å². The third kappa shape index (κ3) is 1.42. The molecule has 0 fully saturated rings. The summed E-state index contributed by atoms with van der Waals surface area (Å²) < 4.78 is 12.7. The Morgan fingerprint density at radius 1 is 1.64 bits per heavy atom. The zero-order valence-corrected chi connectivity index (χ0v) is 7.11. The summed E-state index contributed by atoms with van der Waals surface area (Å²) in [6, 6.07) is 0. The second-order valence-electron chi connectivity index (χ2n) is 2.86. The highest BCUT2D eigenvalue weighted by Gasteiger charge is 2.12. The standard InChI is InChI=1S/C8H13FN2/c1-4-5(2)7-6(3)8(9)11-10-7/h5H,4H2,1-3H3,(H,10,11). The second-order valence-corrected chi connectivity index (χ2v) is 2.86. The van der Waals surface area contributed by atoms with E-state index in [1.807, 2.05) is 0 Å². The molecule has 0 radical (unpaired) electrons. The van der Waals surface area contributed by atoms with Gasteiger partial charge in [0.1, 0.15) is 0 Å². The van der Waals surface area contributed by atoms with E-state index in [9.17, 15) is 4.39 Å². The van der Waals surface area contributed by atoms with Crippen LogP contribution < -0.4 is 0 Å². The topological polar surface area (TPSA) is 28.7 Å². The Balaban J connectivity index is 2.94. The summed E-state index contributed by atoms with van der Waals surface area (Å²) in [7, 11) is 0. The van der Waals surface area contributed by atoms with Crippen molar-refractivity contribution in [2.45, 2.75) is 33.1 Å². The van der Waals surface area contributed by atoms with Crippen molar-refractivity contribution in [2.24, 2.45) is 0 Å². The van der Waals surface area contributed by atoms with E-state index in [1.165, 1.54) is 0 Å². The SMILES string of the molecule is CCC(C)c1[nH]nc(F)c1C. The van der Waals surface area contributed by atoms with Crippen molar-refractivity contribution < 1.29 is 4.39 Å². The molecule has 11 heavy (non-hydrogen) atoms. The van der Waals surface area contributed by atoms with Crippen LogP contribution in [0.3, 0.4) is 0 Å². The molecule has 0 saturated carbocycles. The Hall–Kier alpha value is -0.860. The number of nitrogens with one attached hydrogen (secondary N) is 1. The molecule has 0 aromatic carbocycles. The molecule has 0 amide bonds. The Morgan fingerprint density at radius 2 is 2.27 bits per heavy atom. The number of halogens is 1. The van der Waals surface area contributed by atoms with Crippen molar-refractivity contribution in [1.82, 2.24) is 10.2 Å². The van der Waals surface area contributed by atoms with E-state index in [4.69, 9.17) is 0 Å². The van der Waals surface area contributed by atoms with Crippen LogP contribution in [0.4, 0.5) is 4.39 Å². The molecular formula is C8H13FN2. The lowest BCUT2D eigenvalue weighted by atomic mass is 10.0. The first kappa shape index (κ1) is 8.24. The minimum atomic E-state index is -0.375. The Bertz CT molecular complexity index is 242. The van der Waals surface area contributed by atoms with Gasteiger partial charge in [0, 0.05) is 11.3 Å². The summed E-state index contributed by atoms with van der Waals surface area (Å²) in [5.41, 5.74) is 1.57. The van der Waals surface area contributed by atoms with Gasteiger partial charge in [-0.25, -0.2) is 0 Å². The summed E-state index contributed by atoms with van der Waals surface area (Å²) in [5.74, 6) is -0.00713. The first-order valence-corrected chi connectivity index (χ1v) is 3.87. The zero-order valence-electron chi connectivity index (χ0n) is 7.11. The van der Waals surface area contributed by atoms with E-state index in [-0.39, 0.29) is 5.95 Å². The molecule has 1 atom stereocenters. The van der Waals surface area contributed by atoms with Gasteiger partial charge in [-0.3, -0.25) is 5.10 Å². The molecule has 3 heteroatoms. The highest BCUT2D eigenvalue weighted by molar-refractivity contribution is 5.19. The van der Waals surface area contributed by atoms with Gasteiger partial charge in [0.15, 0.2) is 0 Å². The van der Waals surface area contributed by atoms with Crippen LogP contribution in [0.15, 0.2) is 0 Å². The van der Waals surface area contributed by atoms with E-state index in [1.54, 1.807) is 6.92 Å². The lowest BCUT2D eigenvalue weighted by Crippen LogP contribution is -1.93. The molecule has 0 aliphatic rings. The third-order valence-electron chi connectivity index (χ3n) is 2.09. The third-order valence-corrected chi connectivity index (χ3v) is 2.09. The minimum absolute atomic E-state index is 0.368. The maximum Gasteiger partial charge on any atom is 0.235 e. The van der Waals surface area contributed by atoms with Crippen molar-refractivity contribution in [1.29, 1.82) is 0 Å². The Kier molecular flexibility index (Phi) is 2.27. The summed E-state index contributed by atoms with van der Waals surface area (Å²) in [5, 5.41) is 6.19. The van der Waals surface area contributed by atoms with Gasteiger partial charge in [-0.1, -0.05) is 13.8 Å². The number of aromatic nitrogens is 2. The number of rotatable bonds is 2. The summed E-state index contributed by atoms with van der Waals surface area (Å²) in [4.78, 5) is 0. The predicted molar refractivity (Wildman–Crippen MR) is 42.0 cm³/mol. The molecule has 0 aliphatic heterocycles. The van der Waals surface area contributed by atoms with Gasteiger partial charge in [0.05, 0.1) is 0 Å². The molecule has 0 aliphatic carbocycles. The smallest absolute Gasteiger partial charge is 0.235 e. The first-order chi connectivity index (χ1) is 5.16. The molecule has 0 saturated heterocycles. The summed E-state index contributed by atoms with van der Waals surface area (Å²) >= 11 is 0. The highest BCUT2D eigenvalue weighted by Crippen LogP contribution is 2.20. The summed E-state index contributed by atoms with van der Waals surface area (Å²) in [6.45, 7) is 5.88. The minimum Gasteiger partial charge on any atom is -0.279 e. The first-order valence-electron chi connectivity index (χ1n) is 3.87. The van der Waals surface area contributed by atoms with Gasteiger partial charge in [-0.15, -0.1) is 5.10 Å². The average molecular weight is 156 g/mol. The zero-order chi connectivity index (χ0) is 8.43. The van der Waals surface area contributed by atoms with Crippen LogP contribution in [-0.4, -0.2) is 10.2 Å². The van der Waals surface area contributed by atoms with Crippen LogP contribution in [0, 0.1) is 12.9 Å². The second kappa shape index (κ2) is 3.03. The molecule has 1 N–H and O–H groups in total. The fourth-order valence-electron chi connectivity index (χ4n) is 1.07. The van der Waals surface area contributed by atoms with Crippen LogP contribution in [-0.2, 0) is 0 Å². The average Bonchev–Trinajstić information content (AvgIpc) is 2.32. The van der Waals surface area contributed by atoms with Crippen molar-refractivity contribution >= 4 is 0 Å². The number of aromatic amines is 1. The number of nitrogens with zero attached hydrogens (tertiary/aromatic N) is 1. The van der Waals surface area contributed by atoms with Crippen LogP contribution in [0.5, 0.6) is 0 Å². The molecule has 1 aromatic rings. The summed E-state index contributed by atoms with van der Waals surface area (Å²) in [6.07, 6.45) is 1.00. The van der Waals surface area contributed by atoms with Crippen molar-refractivity contribution in [2.75, 3.05) is 0 Å². The lowest BCUT2D eigenvalue weighted by Gasteiger charge is -2.05. The van der Waals surface area contributed by atoms with Crippen molar-refractivity contribution in [3.05, 3.63) is 17.2 Å². The number of hydrogen-bond acceptors (Lipinski definition) is 1. The van der Waals surface area contributed by atoms with Crippen molar-refractivity contribution in [3.63, 3.8) is 0 Å². The largest absolute Gasteiger partial charge is 0.279 e. The molecule has 1 rings (SSSR count). The molecule has 0 spiro atoms. The van der Waals surface area contributed by atoms with Gasteiger partial charge in [-0.2, -0.15) is 4.39 Å². The van der Waals surface area contributed by atoms with Gasteiger partial charge in [0.25, 0.3) is 0 Å². The number of H-pyrrole nitrogens is 1. The monoisotopic (exact) mass is 156 g/mol. The normalized spacial score (nSPS) is 13.5. The fourth-order valence-corrected chi connectivity index (χ4v) is 1.07. The van der Waals surface area contributed by atoms with Crippen LogP contribution in [0.2, 0.25) is 0 Å². The quantitative estimate of drug-likeness (QED) is 0.699. The lowest BCUT2D eigenvalue weighted by molar-refractivity contribution is 0.572. The Morgan fingerprint density at radius 3 is 2.64 bits per heavy atom. The maximum atomic E-state index is 12.7. The maximum absolute atomic E-state index is 12.7. The molecule has 62 valence electrons. The van der Waals surface area contributed by atoms with Crippen LogP contribution in [0.25, 0.3) is 0 Å². The highest BCUT2D eigenvalue weighted by atomic mass is 19.1. The van der Waals surface area contributed by atoms with E-state index in [0.717, 1.165) is 12.1 Å². The van der Waals surface area contributed by atoms with Crippen LogP contribution in [0.1, 0.15) is 37.4 Å². The van der Waals surface area contributed by atoms with Gasteiger partial charge in [0.2, 0.25) is 5.95 Å². The van der Waals surface area contributed by atoms with Crippen molar-refractivity contribution in [3.8, 4) is 0 Å². The molecule has 0 bridgehead atoms. The van der Waals surface area contributed by atoms with E-state index in [2.05, 4.69) is 24.0 Å². The van der Waals surface area contributed by atoms with Crippen LogP contribution >= 0.6 is 0 Å². The molecule has 1 aromatic heterocycles. The molecule has 2 nitrogen and oxygen atoms in total. The van der Waals surface area contributed by atoms with Gasteiger partial charge >= 0.3 is 0 Å². The fraction of sp³-hybridized carbons (Fsp3) is 0.625. The van der Waals surface area contributed by atoms with E-state index < -0.39 is 0 Å². The molecular weight excluding hydrogens is 143 g/mol. The molecule has 1 heterocycles. The predicted octanol–water partition coefficient (Wildman–Crippen LogP) is 2.37.